The van der Waals surface area contributed by atoms with Gasteiger partial charge in [-0.25, -0.2) is 0 Å². The maximum absolute atomic E-state index is 4.63. The summed E-state index contributed by atoms with van der Waals surface area (Å²) in [6.07, 6.45) is 1.68. The van der Waals surface area contributed by atoms with Gasteiger partial charge in [0.1, 0.15) is 0 Å². The van der Waals surface area contributed by atoms with Gasteiger partial charge in [-0.15, -0.1) is 5.10 Å². The molecule has 0 saturated heterocycles. The van der Waals surface area contributed by atoms with Crippen LogP contribution in [0.5, 0.6) is 0 Å². The Morgan fingerprint density at radius 2 is 1.75 bits per heavy atom. The molecule has 0 aliphatic heterocycles. The quantitative estimate of drug-likeness (QED) is 0.629. The minimum Gasteiger partial charge on any atom is -0.372 e. The Morgan fingerprint density at radius 3 is 2.43 bits per heavy atom. The molecule has 0 spiro atoms. The number of rotatable bonds is 8. The van der Waals surface area contributed by atoms with Gasteiger partial charge in [0, 0.05) is 38.1 Å². The molecule has 0 radical (unpaired) electrons. The van der Waals surface area contributed by atoms with Crippen LogP contribution in [-0.2, 0) is 6.54 Å². The average Bonchev–Trinajstić information content (AvgIpc) is 2.72. The smallest absolute Gasteiger partial charge is 0.249 e. The van der Waals surface area contributed by atoms with E-state index >= 15 is 0 Å². The predicted octanol–water partition coefficient (Wildman–Crippen LogP) is 4.41. The number of nitrogens with one attached hydrogen (secondary N) is 1. The summed E-state index contributed by atoms with van der Waals surface area (Å²) in [4.78, 5) is 9.01. The fourth-order valence-electron chi connectivity index (χ4n) is 3.16. The lowest BCUT2D eigenvalue weighted by Crippen LogP contribution is -2.21. The van der Waals surface area contributed by atoms with E-state index in [1.807, 2.05) is 25.2 Å². The Labute approximate surface area is 167 Å². The second kappa shape index (κ2) is 9.17. The number of hydrogen-bond acceptors (Lipinski definition) is 6. The average molecular weight is 377 g/mol. The Kier molecular flexibility index (Phi) is 6.42. The minimum absolute atomic E-state index is 0.496. The lowest BCUT2D eigenvalue weighted by molar-refractivity contribution is 0.864. The first kappa shape index (κ1) is 19.6. The van der Waals surface area contributed by atoms with Crippen LogP contribution >= 0.6 is 0 Å². The fraction of sp³-hybridized carbons (Fsp3) is 0.318. The van der Waals surface area contributed by atoms with Gasteiger partial charge in [-0.3, -0.25) is 0 Å². The van der Waals surface area contributed by atoms with E-state index in [4.69, 9.17) is 0 Å². The zero-order chi connectivity index (χ0) is 19.9. The molecule has 28 heavy (non-hydrogen) atoms. The van der Waals surface area contributed by atoms with Gasteiger partial charge in [-0.05, 0) is 50.1 Å². The van der Waals surface area contributed by atoms with Crippen LogP contribution in [-0.4, -0.2) is 35.3 Å². The maximum atomic E-state index is 4.63. The van der Waals surface area contributed by atoms with Crippen molar-refractivity contribution in [2.24, 2.45) is 0 Å². The van der Waals surface area contributed by atoms with Crippen molar-refractivity contribution < 1.29 is 0 Å². The molecule has 0 amide bonds. The molecule has 0 saturated carbocycles. The van der Waals surface area contributed by atoms with Crippen LogP contribution in [0.15, 0.2) is 54.7 Å². The predicted molar refractivity (Wildman–Crippen MR) is 116 cm³/mol. The number of hydrogen-bond donors (Lipinski definition) is 1. The highest BCUT2D eigenvalue weighted by Crippen LogP contribution is 2.25. The highest BCUT2D eigenvalue weighted by molar-refractivity contribution is 5.64. The summed E-state index contributed by atoms with van der Waals surface area (Å²) in [5.41, 5.74) is 4.58. The lowest BCUT2D eigenvalue weighted by Gasteiger charge is -2.22. The largest absolute Gasteiger partial charge is 0.372 e. The maximum Gasteiger partial charge on any atom is 0.249 e. The Balaban J connectivity index is 1.74. The molecule has 2 aromatic carbocycles. The monoisotopic (exact) mass is 376 g/mol. The molecule has 0 bridgehead atoms. The summed E-state index contributed by atoms with van der Waals surface area (Å²) in [6, 6.07) is 16.7. The van der Waals surface area contributed by atoms with Gasteiger partial charge in [0.25, 0.3) is 0 Å². The molecule has 146 valence electrons. The number of nitrogens with zero attached hydrogens (tertiary/aromatic N) is 5. The second-order valence-corrected chi connectivity index (χ2v) is 6.78. The summed E-state index contributed by atoms with van der Waals surface area (Å²) in [5, 5.41) is 11.6. The van der Waals surface area contributed by atoms with Crippen LogP contribution in [0.4, 0.5) is 23.1 Å². The molecule has 3 rings (SSSR count). The summed E-state index contributed by atoms with van der Waals surface area (Å²) < 4.78 is 0. The van der Waals surface area contributed by atoms with E-state index < -0.39 is 0 Å². The third-order valence-electron chi connectivity index (χ3n) is 4.78. The highest BCUT2D eigenvalue weighted by atomic mass is 15.3. The van der Waals surface area contributed by atoms with Gasteiger partial charge in [-0.2, -0.15) is 10.1 Å². The van der Waals surface area contributed by atoms with Gasteiger partial charge in [0.2, 0.25) is 5.95 Å². The van der Waals surface area contributed by atoms with E-state index in [9.17, 15) is 0 Å². The van der Waals surface area contributed by atoms with E-state index in [0.29, 0.717) is 5.95 Å². The molecular formula is C22H28N6. The molecule has 1 heterocycles. The molecule has 0 fully saturated rings. The van der Waals surface area contributed by atoms with Crippen molar-refractivity contribution in [3.63, 3.8) is 0 Å². The first-order valence-corrected chi connectivity index (χ1v) is 9.68. The number of anilines is 4. The Hall–Kier alpha value is -3.15. The lowest BCUT2D eigenvalue weighted by atomic mass is 10.1. The summed E-state index contributed by atoms with van der Waals surface area (Å²) in [5.74, 6) is 1.27. The van der Waals surface area contributed by atoms with Crippen LogP contribution in [0, 0.1) is 6.92 Å². The number of aromatic nitrogens is 3. The van der Waals surface area contributed by atoms with E-state index in [1.165, 1.54) is 11.3 Å². The van der Waals surface area contributed by atoms with Crippen molar-refractivity contribution >= 4 is 23.1 Å². The second-order valence-electron chi connectivity index (χ2n) is 6.78. The molecule has 1 N–H and O–H groups in total. The molecule has 0 unspecified atom stereocenters. The number of aryl methyl sites for hydroxylation is 1. The van der Waals surface area contributed by atoms with Crippen LogP contribution in [0.3, 0.4) is 0 Å². The fourth-order valence-corrected chi connectivity index (χ4v) is 3.16. The van der Waals surface area contributed by atoms with Gasteiger partial charge < -0.3 is 15.1 Å². The number of benzene rings is 2. The highest BCUT2D eigenvalue weighted by Gasteiger charge is 2.09. The standard InChI is InChI=1S/C22H28N6/c1-5-28(6-2)19-12-13-20(17(3)14-19)24-22-25-21(15-23-26-22)27(4)16-18-10-8-7-9-11-18/h7-15H,5-6,16H2,1-4H3,(H,24,25,26). The van der Waals surface area contributed by atoms with Crippen molar-refractivity contribution in [2.45, 2.75) is 27.3 Å². The molecule has 0 atom stereocenters. The van der Waals surface area contributed by atoms with Crippen molar-refractivity contribution in [1.82, 2.24) is 15.2 Å². The van der Waals surface area contributed by atoms with Crippen LogP contribution in [0.25, 0.3) is 0 Å². The van der Waals surface area contributed by atoms with Crippen molar-refractivity contribution in [3.05, 3.63) is 65.9 Å². The van der Waals surface area contributed by atoms with E-state index in [-0.39, 0.29) is 0 Å². The van der Waals surface area contributed by atoms with Crippen LogP contribution in [0.1, 0.15) is 25.0 Å². The summed E-state index contributed by atoms with van der Waals surface area (Å²) in [6.45, 7) is 9.17. The minimum atomic E-state index is 0.496. The van der Waals surface area contributed by atoms with E-state index in [0.717, 1.165) is 36.7 Å². The SMILES string of the molecule is CCN(CC)c1ccc(Nc2nncc(N(C)Cc3ccccc3)n2)c(C)c1. The Morgan fingerprint density at radius 1 is 1.00 bits per heavy atom. The van der Waals surface area contributed by atoms with E-state index in [2.05, 4.69) is 81.4 Å². The van der Waals surface area contributed by atoms with Gasteiger partial charge >= 0.3 is 0 Å². The van der Waals surface area contributed by atoms with Crippen molar-refractivity contribution in [3.8, 4) is 0 Å². The third-order valence-corrected chi connectivity index (χ3v) is 4.78. The van der Waals surface area contributed by atoms with Crippen molar-refractivity contribution in [2.75, 3.05) is 35.3 Å². The first-order valence-electron chi connectivity index (χ1n) is 9.68. The van der Waals surface area contributed by atoms with Crippen LogP contribution < -0.4 is 15.1 Å². The molecule has 6 heteroatoms. The molecular weight excluding hydrogens is 348 g/mol. The van der Waals surface area contributed by atoms with Gasteiger partial charge in [-0.1, -0.05) is 30.3 Å². The molecule has 3 aromatic rings. The van der Waals surface area contributed by atoms with Gasteiger partial charge in [0.15, 0.2) is 5.82 Å². The zero-order valence-electron chi connectivity index (χ0n) is 17.1. The molecule has 6 nitrogen and oxygen atoms in total. The summed E-state index contributed by atoms with van der Waals surface area (Å²) >= 11 is 0. The zero-order valence-corrected chi connectivity index (χ0v) is 17.1. The van der Waals surface area contributed by atoms with Crippen molar-refractivity contribution in [1.29, 1.82) is 0 Å². The molecule has 0 aliphatic carbocycles. The van der Waals surface area contributed by atoms with E-state index in [1.54, 1.807) is 6.20 Å². The Bertz CT molecular complexity index is 893. The third kappa shape index (κ3) is 4.76. The van der Waals surface area contributed by atoms with Crippen LogP contribution in [0.2, 0.25) is 0 Å². The molecule has 1 aromatic heterocycles. The summed E-state index contributed by atoms with van der Waals surface area (Å²) in [7, 11) is 2.00. The van der Waals surface area contributed by atoms with Gasteiger partial charge in [0.05, 0.1) is 6.20 Å². The normalized spacial score (nSPS) is 10.6. The molecule has 0 aliphatic rings. The first-order chi connectivity index (χ1) is 13.6. The topological polar surface area (TPSA) is 57.2 Å².